The fourth-order valence-corrected chi connectivity index (χ4v) is 2.96. The number of thiophene rings is 1. The van der Waals surface area contributed by atoms with E-state index in [1.165, 1.54) is 11.8 Å². The van der Waals surface area contributed by atoms with Gasteiger partial charge in [-0.1, -0.05) is 0 Å². The van der Waals surface area contributed by atoms with Crippen LogP contribution in [0.5, 0.6) is 0 Å². The van der Waals surface area contributed by atoms with E-state index in [0.29, 0.717) is 12.3 Å². The van der Waals surface area contributed by atoms with Crippen molar-refractivity contribution in [3.05, 3.63) is 22.4 Å². The molecule has 0 fully saturated rings. The number of carbonyl (C=O) groups is 1. The van der Waals surface area contributed by atoms with Crippen LogP contribution in [0, 0.1) is 17.2 Å². The monoisotopic (exact) mass is 265 g/mol. The minimum atomic E-state index is -0.684. The average Bonchev–Trinajstić information content (AvgIpc) is 2.81. The zero-order valence-electron chi connectivity index (χ0n) is 9.21. The van der Waals surface area contributed by atoms with Crippen molar-refractivity contribution in [1.82, 2.24) is 5.32 Å². The minimum Gasteiger partial charge on any atom is -0.313 e. The molecule has 2 atom stereocenters. The van der Waals surface area contributed by atoms with Crippen molar-refractivity contribution in [2.75, 3.05) is 6.26 Å². The van der Waals surface area contributed by atoms with Gasteiger partial charge in [-0.25, -0.2) is 0 Å². The van der Waals surface area contributed by atoms with E-state index in [4.69, 9.17) is 5.26 Å². The molecule has 2 unspecified atom stereocenters. The summed E-state index contributed by atoms with van der Waals surface area (Å²) in [5.74, 6) is -0.275. The molecule has 0 aromatic carbocycles. The number of nitriles is 1. The molecule has 17 heavy (non-hydrogen) atoms. The highest BCUT2D eigenvalue weighted by atomic mass is 32.2. The third-order valence-corrected chi connectivity index (χ3v) is 4.04. The highest BCUT2D eigenvalue weighted by molar-refractivity contribution is 7.99. The molecule has 4 nitrogen and oxygen atoms in total. The first-order valence-corrected chi connectivity index (χ1v) is 7.28. The van der Waals surface area contributed by atoms with Crippen LogP contribution in [0.15, 0.2) is 21.8 Å². The highest BCUT2D eigenvalue weighted by Gasteiger charge is 2.32. The summed E-state index contributed by atoms with van der Waals surface area (Å²) in [4.78, 5) is 16.1. The molecule has 1 aliphatic heterocycles. The lowest BCUT2D eigenvalue weighted by atomic mass is 10.1. The van der Waals surface area contributed by atoms with Gasteiger partial charge < -0.3 is 5.32 Å². The Bertz CT molecular complexity index is 475. The quantitative estimate of drug-likeness (QED) is 0.903. The average molecular weight is 265 g/mol. The lowest BCUT2D eigenvalue weighted by Crippen LogP contribution is -2.45. The van der Waals surface area contributed by atoms with Gasteiger partial charge in [-0.2, -0.15) is 16.6 Å². The first-order chi connectivity index (χ1) is 8.24. The predicted molar refractivity (Wildman–Crippen MR) is 70.0 cm³/mol. The normalized spacial score (nSPS) is 23.8. The standard InChI is InChI=1S/C11H11N3OS2/c1-16-11-8(5-12)10(15)13-9(14-11)4-7-2-3-17-6-7/h2-3,6,8,11H,4H2,1H3,(H,13,14,15). The maximum absolute atomic E-state index is 11.7. The van der Waals surface area contributed by atoms with E-state index in [1.54, 1.807) is 11.3 Å². The maximum Gasteiger partial charge on any atom is 0.245 e. The SMILES string of the molecule is CSC1N=C(Cc2ccsc2)NC(=O)C1C#N. The van der Waals surface area contributed by atoms with Gasteiger partial charge in [0, 0.05) is 6.42 Å². The zero-order valence-corrected chi connectivity index (χ0v) is 10.8. The fraction of sp³-hybridized carbons (Fsp3) is 0.364. The summed E-state index contributed by atoms with van der Waals surface area (Å²) in [6, 6.07) is 4.00. The van der Waals surface area contributed by atoms with Crippen molar-refractivity contribution >= 4 is 34.8 Å². The molecule has 0 saturated heterocycles. The molecule has 0 radical (unpaired) electrons. The Morgan fingerprint density at radius 1 is 1.71 bits per heavy atom. The third kappa shape index (κ3) is 2.68. The molecule has 0 bridgehead atoms. The number of amidine groups is 1. The van der Waals surface area contributed by atoms with Crippen molar-refractivity contribution in [2.45, 2.75) is 11.8 Å². The van der Waals surface area contributed by atoms with Gasteiger partial charge in [0.05, 0.1) is 6.07 Å². The first kappa shape index (κ1) is 12.1. The Morgan fingerprint density at radius 3 is 3.12 bits per heavy atom. The van der Waals surface area contributed by atoms with Gasteiger partial charge in [0.1, 0.15) is 11.2 Å². The van der Waals surface area contributed by atoms with Crippen LogP contribution in [0.1, 0.15) is 5.56 Å². The van der Waals surface area contributed by atoms with Crippen LogP contribution < -0.4 is 5.32 Å². The number of nitrogens with zero attached hydrogens (tertiary/aromatic N) is 2. The van der Waals surface area contributed by atoms with Crippen LogP contribution >= 0.6 is 23.1 Å². The third-order valence-electron chi connectivity index (χ3n) is 2.45. The van der Waals surface area contributed by atoms with E-state index in [-0.39, 0.29) is 11.3 Å². The topological polar surface area (TPSA) is 65.2 Å². The Hall–Kier alpha value is -1.32. The van der Waals surface area contributed by atoms with Crippen molar-refractivity contribution in [3.63, 3.8) is 0 Å². The number of nitrogens with one attached hydrogen (secondary N) is 1. The van der Waals surface area contributed by atoms with Crippen LogP contribution in [-0.2, 0) is 11.2 Å². The van der Waals surface area contributed by atoms with E-state index in [0.717, 1.165) is 5.56 Å². The smallest absolute Gasteiger partial charge is 0.245 e. The van der Waals surface area contributed by atoms with Crippen LogP contribution in [0.2, 0.25) is 0 Å². The number of hydrogen-bond acceptors (Lipinski definition) is 5. The Morgan fingerprint density at radius 2 is 2.53 bits per heavy atom. The Labute approximate surface area is 108 Å². The molecule has 0 aliphatic carbocycles. The number of aliphatic imine (C=N–C) groups is 1. The fourth-order valence-electron chi connectivity index (χ4n) is 1.60. The first-order valence-electron chi connectivity index (χ1n) is 5.05. The molecule has 2 heterocycles. The molecule has 1 aromatic rings. The molecule has 1 aromatic heterocycles. The summed E-state index contributed by atoms with van der Waals surface area (Å²) in [6.45, 7) is 0. The molecule has 1 aliphatic rings. The number of carbonyl (C=O) groups excluding carboxylic acids is 1. The molecule has 2 rings (SSSR count). The summed E-state index contributed by atoms with van der Waals surface area (Å²) in [5.41, 5.74) is 1.13. The molecular weight excluding hydrogens is 254 g/mol. The van der Waals surface area contributed by atoms with Gasteiger partial charge in [0.2, 0.25) is 5.91 Å². The van der Waals surface area contributed by atoms with Gasteiger partial charge in [-0.05, 0) is 28.6 Å². The van der Waals surface area contributed by atoms with Crippen molar-refractivity contribution in [1.29, 1.82) is 5.26 Å². The molecule has 0 spiro atoms. The summed E-state index contributed by atoms with van der Waals surface area (Å²) < 4.78 is 0. The molecule has 0 saturated carbocycles. The van der Waals surface area contributed by atoms with Gasteiger partial charge in [-0.3, -0.25) is 9.79 Å². The maximum atomic E-state index is 11.7. The van der Waals surface area contributed by atoms with Gasteiger partial charge in [-0.15, -0.1) is 11.8 Å². The van der Waals surface area contributed by atoms with Crippen molar-refractivity contribution in [2.24, 2.45) is 10.9 Å². The minimum absolute atomic E-state index is 0.243. The molecule has 1 amide bonds. The number of thioether (sulfide) groups is 1. The molecule has 6 heteroatoms. The van der Waals surface area contributed by atoms with Gasteiger partial charge >= 0.3 is 0 Å². The van der Waals surface area contributed by atoms with Crippen molar-refractivity contribution in [3.8, 4) is 6.07 Å². The second-order valence-electron chi connectivity index (χ2n) is 3.61. The number of hydrogen-bond donors (Lipinski definition) is 1. The number of rotatable bonds is 3. The van der Waals surface area contributed by atoms with E-state index >= 15 is 0 Å². The second-order valence-corrected chi connectivity index (χ2v) is 5.34. The lowest BCUT2D eigenvalue weighted by Gasteiger charge is -2.23. The largest absolute Gasteiger partial charge is 0.313 e. The van der Waals surface area contributed by atoms with E-state index in [1.807, 2.05) is 29.2 Å². The van der Waals surface area contributed by atoms with Crippen LogP contribution in [0.3, 0.4) is 0 Å². The van der Waals surface area contributed by atoms with Gasteiger partial charge in [0.25, 0.3) is 0 Å². The van der Waals surface area contributed by atoms with Crippen LogP contribution in [-0.4, -0.2) is 23.4 Å². The Balaban J connectivity index is 2.17. The van der Waals surface area contributed by atoms with E-state index in [9.17, 15) is 4.79 Å². The van der Waals surface area contributed by atoms with Crippen LogP contribution in [0.25, 0.3) is 0 Å². The molecular formula is C11H11N3OS2. The number of amides is 1. The second kappa shape index (κ2) is 5.34. The Kier molecular flexibility index (Phi) is 3.82. The summed E-state index contributed by atoms with van der Waals surface area (Å²) in [6.07, 6.45) is 2.48. The summed E-state index contributed by atoms with van der Waals surface area (Å²) in [5, 5.41) is 15.3. The zero-order chi connectivity index (χ0) is 12.3. The highest BCUT2D eigenvalue weighted by Crippen LogP contribution is 2.22. The summed E-state index contributed by atoms with van der Waals surface area (Å²) in [7, 11) is 0. The van der Waals surface area contributed by atoms with Crippen molar-refractivity contribution < 1.29 is 4.79 Å². The van der Waals surface area contributed by atoms with E-state index in [2.05, 4.69) is 10.3 Å². The summed E-state index contributed by atoms with van der Waals surface area (Å²) >= 11 is 3.05. The van der Waals surface area contributed by atoms with Gasteiger partial charge in [0.15, 0.2) is 5.92 Å². The van der Waals surface area contributed by atoms with E-state index < -0.39 is 5.92 Å². The molecule has 1 N–H and O–H groups in total. The lowest BCUT2D eigenvalue weighted by molar-refractivity contribution is -0.122. The van der Waals surface area contributed by atoms with Crippen LogP contribution in [0.4, 0.5) is 0 Å². The predicted octanol–water partition coefficient (Wildman–Crippen LogP) is 1.65. The molecule has 88 valence electrons.